The number of hydrogen-bond donors (Lipinski definition) is 1. The molecular weight excluding hydrogens is 138 g/mol. The highest BCUT2D eigenvalue weighted by atomic mass is 16.3. The second-order valence-corrected chi connectivity index (χ2v) is 4.56. The molecule has 0 radical (unpaired) electrons. The summed E-state index contributed by atoms with van der Waals surface area (Å²) in [5, 5.41) is 9.11. The predicted octanol–water partition coefficient (Wildman–Crippen LogP) is 1.24. The van der Waals surface area contributed by atoms with Gasteiger partial charge in [0, 0.05) is 11.6 Å². The van der Waals surface area contributed by atoms with Crippen LogP contribution in [0.2, 0.25) is 0 Å². The van der Waals surface area contributed by atoms with Gasteiger partial charge in [-0.1, -0.05) is 0 Å². The Morgan fingerprint density at radius 1 is 1.27 bits per heavy atom. The number of hydrogen-bond acceptors (Lipinski definition) is 2. The maximum Gasteiger partial charge on any atom is 0.0570 e. The molecule has 0 bridgehead atoms. The SMILES string of the molecule is CN([C@H]1C[C@@H](O)C1)C(C)(C)C. The first-order valence-corrected chi connectivity index (χ1v) is 4.32. The molecule has 1 fully saturated rings. The second-order valence-electron chi connectivity index (χ2n) is 4.56. The normalized spacial score (nSPS) is 32.2. The van der Waals surface area contributed by atoms with Gasteiger partial charge in [-0.3, -0.25) is 4.90 Å². The van der Waals surface area contributed by atoms with Crippen LogP contribution >= 0.6 is 0 Å². The van der Waals surface area contributed by atoms with E-state index in [1.165, 1.54) is 0 Å². The average Bonchev–Trinajstić information content (AvgIpc) is 1.77. The molecule has 66 valence electrons. The van der Waals surface area contributed by atoms with Crippen molar-refractivity contribution >= 4 is 0 Å². The molecule has 0 aromatic rings. The molecular formula is C9H19NO. The first-order valence-electron chi connectivity index (χ1n) is 4.32. The summed E-state index contributed by atoms with van der Waals surface area (Å²) in [7, 11) is 2.14. The molecule has 0 saturated heterocycles. The first-order chi connectivity index (χ1) is 4.91. The summed E-state index contributed by atoms with van der Waals surface area (Å²) in [6, 6.07) is 0.602. The second kappa shape index (κ2) is 2.76. The Balaban J connectivity index is 2.38. The van der Waals surface area contributed by atoms with E-state index in [1.807, 2.05) is 0 Å². The molecule has 2 heteroatoms. The van der Waals surface area contributed by atoms with Gasteiger partial charge in [0.15, 0.2) is 0 Å². The van der Waals surface area contributed by atoms with E-state index in [1.54, 1.807) is 0 Å². The molecule has 1 aliphatic rings. The lowest BCUT2D eigenvalue weighted by Crippen LogP contribution is -2.52. The van der Waals surface area contributed by atoms with Gasteiger partial charge in [-0.2, -0.15) is 0 Å². The highest BCUT2D eigenvalue weighted by Crippen LogP contribution is 2.28. The number of aliphatic hydroxyl groups excluding tert-OH is 1. The minimum Gasteiger partial charge on any atom is -0.393 e. The summed E-state index contributed by atoms with van der Waals surface area (Å²) in [4.78, 5) is 2.35. The van der Waals surface area contributed by atoms with Crippen LogP contribution in [0.5, 0.6) is 0 Å². The zero-order valence-corrected chi connectivity index (χ0v) is 7.96. The molecule has 0 aromatic heterocycles. The van der Waals surface area contributed by atoms with Crippen molar-refractivity contribution in [2.75, 3.05) is 7.05 Å². The molecule has 1 saturated carbocycles. The van der Waals surface area contributed by atoms with Gasteiger partial charge < -0.3 is 5.11 Å². The predicted molar refractivity (Wildman–Crippen MR) is 46.5 cm³/mol. The Kier molecular flexibility index (Phi) is 2.26. The van der Waals surface area contributed by atoms with Crippen LogP contribution in [0.1, 0.15) is 33.6 Å². The summed E-state index contributed by atoms with van der Waals surface area (Å²) in [6.07, 6.45) is 1.87. The molecule has 0 spiro atoms. The van der Waals surface area contributed by atoms with Crippen molar-refractivity contribution in [2.45, 2.75) is 51.3 Å². The van der Waals surface area contributed by atoms with Crippen molar-refractivity contribution in [3.8, 4) is 0 Å². The molecule has 0 amide bonds. The van der Waals surface area contributed by atoms with Crippen LogP contribution in [-0.2, 0) is 0 Å². The molecule has 0 aliphatic heterocycles. The molecule has 2 nitrogen and oxygen atoms in total. The van der Waals surface area contributed by atoms with Crippen LogP contribution < -0.4 is 0 Å². The number of nitrogens with zero attached hydrogens (tertiary/aromatic N) is 1. The Hall–Kier alpha value is -0.0800. The minimum atomic E-state index is -0.0372. The first kappa shape index (κ1) is 9.01. The monoisotopic (exact) mass is 157 g/mol. The summed E-state index contributed by atoms with van der Waals surface area (Å²) in [5.74, 6) is 0. The molecule has 0 atom stereocenters. The summed E-state index contributed by atoms with van der Waals surface area (Å²) < 4.78 is 0. The molecule has 1 aliphatic carbocycles. The van der Waals surface area contributed by atoms with Gasteiger partial charge in [0.05, 0.1) is 6.10 Å². The van der Waals surface area contributed by atoms with Crippen LogP contribution in [0.4, 0.5) is 0 Å². The van der Waals surface area contributed by atoms with Crippen LogP contribution in [-0.4, -0.2) is 34.7 Å². The fourth-order valence-electron chi connectivity index (χ4n) is 1.42. The minimum absolute atomic E-state index is 0.0372. The van der Waals surface area contributed by atoms with Crippen LogP contribution in [0.3, 0.4) is 0 Å². The Bertz CT molecular complexity index is 133. The van der Waals surface area contributed by atoms with Crippen molar-refractivity contribution in [3.05, 3.63) is 0 Å². The lowest BCUT2D eigenvalue weighted by Gasteiger charge is -2.45. The maximum atomic E-state index is 9.11. The molecule has 1 rings (SSSR count). The lowest BCUT2D eigenvalue weighted by atomic mass is 9.86. The Morgan fingerprint density at radius 3 is 2.00 bits per heavy atom. The lowest BCUT2D eigenvalue weighted by molar-refractivity contribution is -0.0212. The third-order valence-corrected chi connectivity index (χ3v) is 2.69. The average molecular weight is 157 g/mol. The van der Waals surface area contributed by atoms with Crippen molar-refractivity contribution in [1.29, 1.82) is 0 Å². The van der Waals surface area contributed by atoms with E-state index >= 15 is 0 Å². The maximum absolute atomic E-state index is 9.11. The fourth-order valence-corrected chi connectivity index (χ4v) is 1.42. The van der Waals surface area contributed by atoms with Crippen molar-refractivity contribution in [3.63, 3.8) is 0 Å². The zero-order chi connectivity index (χ0) is 8.65. The van der Waals surface area contributed by atoms with E-state index in [9.17, 15) is 0 Å². The molecule has 0 unspecified atom stereocenters. The molecule has 1 N–H and O–H groups in total. The highest BCUT2D eigenvalue weighted by molar-refractivity contribution is 4.90. The smallest absolute Gasteiger partial charge is 0.0570 e. The fraction of sp³-hybridized carbons (Fsp3) is 1.00. The molecule has 11 heavy (non-hydrogen) atoms. The third-order valence-electron chi connectivity index (χ3n) is 2.69. The Labute approximate surface area is 69.2 Å². The van der Waals surface area contributed by atoms with Gasteiger partial charge in [0.25, 0.3) is 0 Å². The van der Waals surface area contributed by atoms with Gasteiger partial charge >= 0.3 is 0 Å². The van der Waals surface area contributed by atoms with Crippen LogP contribution in [0.25, 0.3) is 0 Å². The van der Waals surface area contributed by atoms with Crippen molar-refractivity contribution in [1.82, 2.24) is 4.90 Å². The van der Waals surface area contributed by atoms with Gasteiger partial charge in [0.2, 0.25) is 0 Å². The summed E-state index contributed by atoms with van der Waals surface area (Å²) >= 11 is 0. The summed E-state index contributed by atoms with van der Waals surface area (Å²) in [5.41, 5.74) is 0.241. The zero-order valence-electron chi connectivity index (χ0n) is 7.96. The van der Waals surface area contributed by atoms with Gasteiger partial charge in [-0.05, 0) is 40.7 Å². The molecule has 0 heterocycles. The van der Waals surface area contributed by atoms with E-state index in [-0.39, 0.29) is 11.6 Å². The molecule has 0 aromatic carbocycles. The van der Waals surface area contributed by atoms with E-state index in [2.05, 4.69) is 32.7 Å². The van der Waals surface area contributed by atoms with E-state index < -0.39 is 0 Å². The van der Waals surface area contributed by atoms with Gasteiger partial charge in [-0.25, -0.2) is 0 Å². The number of aliphatic hydroxyl groups is 1. The van der Waals surface area contributed by atoms with Gasteiger partial charge in [-0.15, -0.1) is 0 Å². The standard InChI is InChI=1S/C9H19NO/c1-9(2,3)10(4)7-5-8(11)6-7/h7-8,11H,5-6H2,1-4H3/t7-,8+. The van der Waals surface area contributed by atoms with E-state index in [4.69, 9.17) is 5.11 Å². The van der Waals surface area contributed by atoms with Gasteiger partial charge in [0.1, 0.15) is 0 Å². The van der Waals surface area contributed by atoms with E-state index in [0.717, 1.165) is 12.8 Å². The topological polar surface area (TPSA) is 23.5 Å². The highest BCUT2D eigenvalue weighted by Gasteiger charge is 2.34. The van der Waals surface area contributed by atoms with Crippen molar-refractivity contribution in [2.24, 2.45) is 0 Å². The van der Waals surface area contributed by atoms with E-state index in [0.29, 0.717) is 6.04 Å². The number of rotatable bonds is 1. The van der Waals surface area contributed by atoms with Crippen LogP contribution in [0, 0.1) is 0 Å². The third kappa shape index (κ3) is 1.94. The Morgan fingerprint density at radius 2 is 1.73 bits per heavy atom. The van der Waals surface area contributed by atoms with Crippen LogP contribution in [0.15, 0.2) is 0 Å². The largest absolute Gasteiger partial charge is 0.393 e. The van der Waals surface area contributed by atoms with Crippen molar-refractivity contribution < 1.29 is 5.11 Å². The summed E-state index contributed by atoms with van der Waals surface area (Å²) in [6.45, 7) is 6.62. The quantitative estimate of drug-likeness (QED) is 0.619.